The van der Waals surface area contributed by atoms with Crippen molar-refractivity contribution in [3.8, 4) is 6.07 Å². The Bertz CT molecular complexity index is 1340. The van der Waals surface area contributed by atoms with Crippen LogP contribution in [0.1, 0.15) is 51.7 Å². The van der Waals surface area contributed by atoms with Crippen molar-refractivity contribution in [2.75, 3.05) is 23.9 Å². The molecule has 9 nitrogen and oxygen atoms in total. The number of benzene rings is 2. The summed E-state index contributed by atoms with van der Waals surface area (Å²) < 4.78 is 7.13. The second-order valence-corrected chi connectivity index (χ2v) is 9.42. The summed E-state index contributed by atoms with van der Waals surface area (Å²) in [7, 11) is 1.76. The zero-order chi connectivity index (χ0) is 25.3. The van der Waals surface area contributed by atoms with Crippen LogP contribution in [0.2, 0.25) is 0 Å². The number of carbonyl (C=O) groups excluding carboxylic acids is 2. The second kappa shape index (κ2) is 9.57. The third kappa shape index (κ3) is 4.61. The van der Waals surface area contributed by atoms with Gasteiger partial charge in [-0.25, -0.2) is 0 Å². The van der Waals surface area contributed by atoms with Gasteiger partial charge in [0.1, 0.15) is 5.69 Å². The Morgan fingerprint density at radius 3 is 2.72 bits per heavy atom. The summed E-state index contributed by atoms with van der Waals surface area (Å²) in [6.07, 6.45) is 3.61. The highest BCUT2D eigenvalue weighted by molar-refractivity contribution is 6.15. The van der Waals surface area contributed by atoms with Gasteiger partial charge in [-0.3, -0.25) is 14.3 Å². The third-order valence-electron chi connectivity index (χ3n) is 6.86. The third-order valence-corrected chi connectivity index (χ3v) is 6.86. The predicted octanol–water partition coefficient (Wildman–Crippen LogP) is 3.32. The minimum atomic E-state index is -0.444. The number of ether oxygens (including phenoxy) is 1. The van der Waals surface area contributed by atoms with Crippen LogP contribution in [0, 0.1) is 11.3 Å². The van der Waals surface area contributed by atoms with E-state index in [0.29, 0.717) is 17.8 Å². The fourth-order valence-electron chi connectivity index (χ4n) is 4.60. The van der Waals surface area contributed by atoms with Gasteiger partial charge >= 0.3 is 0 Å². The molecular formula is C27H28N6O3. The molecule has 36 heavy (non-hydrogen) atoms. The predicted molar refractivity (Wildman–Crippen MR) is 135 cm³/mol. The molecule has 2 aliphatic rings. The Morgan fingerprint density at radius 1 is 1.25 bits per heavy atom. The van der Waals surface area contributed by atoms with E-state index >= 15 is 0 Å². The lowest BCUT2D eigenvalue weighted by atomic mass is 10.1. The lowest BCUT2D eigenvalue weighted by molar-refractivity contribution is 0.0796. The molecule has 184 valence electrons. The maximum absolute atomic E-state index is 13.6. The number of anilines is 2. The van der Waals surface area contributed by atoms with Gasteiger partial charge in [0.2, 0.25) is 0 Å². The lowest BCUT2D eigenvalue weighted by Gasteiger charge is -2.34. The van der Waals surface area contributed by atoms with Gasteiger partial charge in [-0.05, 0) is 55.7 Å². The first-order valence-electron chi connectivity index (χ1n) is 12.0. The van der Waals surface area contributed by atoms with E-state index in [-0.39, 0.29) is 28.8 Å². The number of nitrogens with zero attached hydrogens (tertiary/aromatic N) is 4. The summed E-state index contributed by atoms with van der Waals surface area (Å²) in [5.41, 5.74) is 3.26. The first kappa shape index (κ1) is 23.7. The van der Waals surface area contributed by atoms with Crippen LogP contribution >= 0.6 is 0 Å². The first-order chi connectivity index (χ1) is 17.4. The number of aromatic nitrogens is 2. The Hall–Kier alpha value is -4.00. The van der Waals surface area contributed by atoms with E-state index in [1.807, 2.05) is 31.2 Å². The van der Waals surface area contributed by atoms with Crippen LogP contribution in [-0.4, -0.2) is 46.9 Å². The molecule has 0 spiro atoms. The van der Waals surface area contributed by atoms with Crippen LogP contribution in [-0.2, 0) is 17.8 Å². The van der Waals surface area contributed by atoms with Crippen molar-refractivity contribution in [2.45, 2.75) is 44.5 Å². The molecule has 0 bridgehead atoms. The summed E-state index contributed by atoms with van der Waals surface area (Å²) in [4.78, 5) is 28.3. The monoisotopic (exact) mass is 484 g/mol. The van der Waals surface area contributed by atoms with E-state index in [1.165, 1.54) is 6.20 Å². The van der Waals surface area contributed by atoms with Crippen LogP contribution in [0.5, 0.6) is 0 Å². The zero-order valence-corrected chi connectivity index (χ0v) is 20.3. The highest BCUT2D eigenvalue weighted by atomic mass is 16.5. The van der Waals surface area contributed by atoms with Crippen molar-refractivity contribution in [1.82, 2.24) is 15.1 Å². The maximum Gasteiger partial charge on any atom is 0.277 e. The summed E-state index contributed by atoms with van der Waals surface area (Å²) in [5, 5.41) is 19.6. The summed E-state index contributed by atoms with van der Waals surface area (Å²) in [6, 6.07) is 16.4. The average Bonchev–Trinajstić information content (AvgIpc) is 3.54. The molecule has 0 saturated heterocycles. The molecule has 5 rings (SSSR count). The van der Waals surface area contributed by atoms with Crippen molar-refractivity contribution in [3.63, 3.8) is 0 Å². The molecule has 3 aromatic rings. The van der Waals surface area contributed by atoms with Crippen molar-refractivity contribution >= 4 is 23.2 Å². The first-order valence-corrected chi connectivity index (χ1v) is 12.0. The molecule has 2 N–H and O–H groups in total. The van der Waals surface area contributed by atoms with Crippen molar-refractivity contribution < 1.29 is 14.3 Å². The molecule has 1 fully saturated rings. The van der Waals surface area contributed by atoms with Gasteiger partial charge in [-0.2, -0.15) is 10.4 Å². The molecule has 1 aliphatic heterocycles. The van der Waals surface area contributed by atoms with Gasteiger partial charge in [0.05, 0.1) is 41.6 Å². The number of carbonyl (C=O) groups is 2. The fourth-order valence-corrected chi connectivity index (χ4v) is 4.60. The largest absolute Gasteiger partial charge is 0.377 e. The van der Waals surface area contributed by atoms with Crippen LogP contribution in [0.3, 0.4) is 0 Å². The highest BCUT2D eigenvalue weighted by Gasteiger charge is 2.42. The number of fused-ring (bicyclic) bond motifs is 1. The van der Waals surface area contributed by atoms with Crippen molar-refractivity contribution in [1.29, 1.82) is 5.26 Å². The molecule has 0 radical (unpaired) electrons. The molecule has 2 heterocycles. The summed E-state index contributed by atoms with van der Waals surface area (Å²) >= 11 is 0. The highest BCUT2D eigenvalue weighted by Crippen LogP contribution is 2.38. The average molecular weight is 485 g/mol. The topological polar surface area (TPSA) is 112 Å². The normalized spacial score (nSPS) is 17.9. The fraction of sp³-hybridized carbons (Fsp3) is 0.333. The van der Waals surface area contributed by atoms with E-state index in [4.69, 9.17) is 10.00 Å². The number of nitrogens with one attached hydrogen (secondary N) is 2. The van der Waals surface area contributed by atoms with E-state index in [0.717, 1.165) is 37.2 Å². The minimum absolute atomic E-state index is 0.00106. The van der Waals surface area contributed by atoms with Crippen molar-refractivity contribution in [2.24, 2.45) is 0 Å². The molecule has 0 unspecified atom stereocenters. The number of nitriles is 1. The van der Waals surface area contributed by atoms with Crippen molar-refractivity contribution in [3.05, 3.63) is 77.1 Å². The molecule has 1 saturated carbocycles. The molecule has 2 aromatic carbocycles. The SMILES string of the molecule is COC1(CNCc2ccc(N3C(=O)c4c(C(=O)Nc5cccc(C#N)c5)cnn4C[C@@H]3C)cc2)CC1. The molecule has 1 aromatic heterocycles. The van der Waals surface area contributed by atoms with Crippen LogP contribution in [0.15, 0.2) is 54.7 Å². The summed E-state index contributed by atoms with van der Waals surface area (Å²) in [5.74, 6) is -0.719. The lowest BCUT2D eigenvalue weighted by Crippen LogP contribution is -2.47. The quantitative estimate of drug-likeness (QED) is 0.507. The molecule has 2 amide bonds. The van der Waals surface area contributed by atoms with Crippen LogP contribution in [0.25, 0.3) is 0 Å². The summed E-state index contributed by atoms with van der Waals surface area (Å²) in [6.45, 7) is 3.98. The van der Waals surface area contributed by atoms with Gasteiger partial charge in [0, 0.05) is 31.6 Å². The standard InChI is InChI=1S/C27H28N6O3/c1-18-16-32-24(23(15-30-32)25(34)31-21-5-3-4-20(12-21)13-28)26(35)33(18)22-8-6-19(7-9-22)14-29-17-27(36-2)10-11-27/h3-9,12,15,18,29H,10-11,14,16-17H2,1-2H3,(H,31,34)/t18-/m0/s1. The maximum atomic E-state index is 13.6. The number of hydrogen-bond donors (Lipinski definition) is 2. The van der Waals surface area contributed by atoms with Gasteiger partial charge < -0.3 is 20.3 Å². The smallest absolute Gasteiger partial charge is 0.277 e. The van der Waals surface area contributed by atoms with E-state index < -0.39 is 5.91 Å². The van der Waals surface area contributed by atoms with E-state index in [2.05, 4.69) is 21.8 Å². The van der Waals surface area contributed by atoms with E-state index in [9.17, 15) is 9.59 Å². The van der Waals surface area contributed by atoms with Gasteiger partial charge in [-0.1, -0.05) is 18.2 Å². The Labute approximate surface area is 209 Å². The molecule has 1 aliphatic carbocycles. The number of rotatable bonds is 8. The van der Waals surface area contributed by atoms with Crippen LogP contribution < -0.4 is 15.5 Å². The minimum Gasteiger partial charge on any atom is -0.377 e. The number of hydrogen-bond acceptors (Lipinski definition) is 6. The van der Waals surface area contributed by atoms with Gasteiger partial charge in [0.25, 0.3) is 11.8 Å². The molecular weight excluding hydrogens is 456 g/mol. The Morgan fingerprint density at radius 2 is 2.03 bits per heavy atom. The number of amides is 2. The molecule has 9 heteroatoms. The molecule has 1 atom stereocenters. The van der Waals surface area contributed by atoms with Crippen LogP contribution in [0.4, 0.5) is 11.4 Å². The number of methoxy groups -OCH3 is 1. The second-order valence-electron chi connectivity index (χ2n) is 9.42. The Kier molecular flexibility index (Phi) is 6.31. The van der Waals surface area contributed by atoms with E-state index in [1.54, 1.807) is 41.0 Å². The Balaban J connectivity index is 1.31. The van der Waals surface area contributed by atoms with Gasteiger partial charge in [0.15, 0.2) is 0 Å². The zero-order valence-electron chi connectivity index (χ0n) is 20.3. The van der Waals surface area contributed by atoms with Gasteiger partial charge in [-0.15, -0.1) is 0 Å².